The molecule has 1 aromatic carbocycles. The van der Waals surface area contributed by atoms with Crippen LogP contribution in [0.15, 0.2) is 37.9 Å². The van der Waals surface area contributed by atoms with E-state index in [1.54, 1.807) is 36.6 Å². The quantitative estimate of drug-likeness (QED) is 0.625. The fraction of sp³-hybridized carbons (Fsp3) is 0.267. The highest BCUT2D eigenvalue weighted by Crippen LogP contribution is 2.26. The molecular weight excluding hydrogens is 418 g/mol. The van der Waals surface area contributed by atoms with E-state index in [0.29, 0.717) is 12.1 Å². The number of Topliss-reactive ketones (excluding diaryl/α,β-unsaturated/α-hetero) is 1. The van der Waals surface area contributed by atoms with Crippen molar-refractivity contribution < 1.29 is 9.53 Å². The van der Waals surface area contributed by atoms with E-state index in [1.807, 2.05) is 11.9 Å². The van der Waals surface area contributed by atoms with E-state index in [0.717, 1.165) is 20.6 Å². The Bertz CT molecular complexity index is 642. The topological polar surface area (TPSA) is 29.5 Å². The predicted molar refractivity (Wildman–Crippen MR) is 93.4 cm³/mol. The smallest absolute Gasteiger partial charge is 0.176 e. The molecule has 112 valence electrons. The van der Waals surface area contributed by atoms with E-state index in [2.05, 4.69) is 43.3 Å². The largest absolute Gasteiger partial charge is 0.496 e. The average Bonchev–Trinajstić information content (AvgIpc) is 2.83. The van der Waals surface area contributed by atoms with Crippen LogP contribution >= 0.6 is 43.2 Å². The Balaban J connectivity index is 1.98. The van der Waals surface area contributed by atoms with Crippen molar-refractivity contribution in [3.63, 3.8) is 0 Å². The maximum Gasteiger partial charge on any atom is 0.176 e. The number of carbonyl (C=O) groups excluding carboxylic acids is 1. The molecule has 0 aliphatic carbocycles. The zero-order chi connectivity index (χ0) is 15.4. The molecule has 0 N–H and O–H groups in total. The summed E-state index contributed by atoms with van der Waals surface area (Å²) in [5, 5.41) is 2.09. The summed E-state index contributed by atoms with van der Waals surface area (Å²) in [4.78, 5) is 14.3. The Morgan fingerprint density at radius 1 is 1.33 bits per heavy atom. The Morgan fingerprint density at radius 2 is 2.10 bits per heavy atom. The van der Waals surface area contributed by atoms with Crippen molar-refractivity contribution in [3.8, 4) is 5.75 Å². The van der Waals surface area contributed by atoms with Crippen LogP contribution in [0.5, 0.6) is 5.75 Å². The van der Waals surface area contributed by atoms with Crippen molar-refractivity contribution in [2.24, 2.45) is 0 Å². The number of benzene rings is 1. The minimum Gasteiger partial charge on any atom is -0.496 e. The zero-order valence-electron chi connectivity index (χ0n) is 11.7. The van der Waals surface area contributed by atoms with Crippen molar-refractivity contribution in [3.05, 3.63) is 49.0 Å². The van der Waals surface area contributed by atoms with Crippen molar-refractivity contribution >= 4 is 49.0 Å². The summed E-state index contributed by atoms with van der Waals surface area (Å²) in [6, 6.07) is 7.47. The highest BCUT2D eigenvalue weighted by atomic mass is 79.9. The lowest BCUT2D eigenvalue weighted by molar-refractivity contribution is 0.0943. The second-order valence-corrected chi connectivity index (χ2v) is 7.85. The van der Waals surface area contributed by atoms with E-state index in [9.17, 15) is 4.79 Å². The van der Waals surface area contributed by atoms with Gasteiger partial charge in [-0.05, 0) is 74.1 Å². The maximum absolute atomic E-state index is 12.3. The molecule has 0 aliphatic rings. The summed E-state index contributed by atoms with van der Waals surface area (Å²) >= 11 is 8.50. The summed E-state index contributed by atoms with van der Waals surface area (Å²) in [7, 11) is 3.55. The number of methoxy groups -OCH3 is 1. The van der Waals surface area contributed by atoms with Gasteiger partial charge in [-0.2, -0.15) is 0 Å². The van der Waals surface area contributed by atoms with Crippen LogP contribution in [-0.4, -0.2) is 31.4 Å². The molecule has 1 aromatic heterocycles. The standard InChI is InChI=1S/C15H15Br2NO2S/c1-18(7-10-5-15(17)21-9-10)8-13(19)11-3-4-14(20-2)12(16)6-11/h3-6,9H,7-8H2,1-2H3. The van der Waals surface area contributed by atoms with Gasteiger partial charge < -0.3 is 4.74 Å². The molecule has 3 nitrogen and oxygen atoms in total. The molecule has 0 fully saturated rings. The lowest BCUT2D eigenvalue weighted by Crippen LogP contribution is -2.25. The highest BCUT2D eigenvalue weighted by Gasteiger charge is 2.12. The minimum atomic E-state index is 0.0927. The number of hydrogen-bond donors (Lipinski definition) is 0. The molecule has 0 unspecified atom stereocenters. The third-order valence-electron chi connectivity index (χ3n) is 2.96. The van der Waals surface area contributed by atoms with Crippen molar-refractivity contribution in [2.75, 3.05) is 20.7 Å². The molecule has 0 saturated carbocycles. The van der Waals surface area contributed by atoms with E-state index < -0.39 is 0 Å². The second kappa shape index (κ2) is 7.54. The van der Waals surface area contributed by atoms with E-state index in [4.69, 9.17) is 4.74 Å². The molecule has 1 heterocycles. The molecule has 0 amide bonds. The highest BCUT2D eigenvalue weighted by molar-refractivity contribution is 9.11. The molecule has 0 radical (unpaired) electrons. The SMILES string of the molecule is COc1ccc(C(=O)CN(C)Cc2csc(Br)c2)cc1Br. The van der Waals surface area contributed by atoms with Gasteiger partial charge in [0.15, 0.2) is 5.78 Å². The number of carbonyl (C=O) groups is 1. The van der Waals surface area contributed by atoms with Gasteiger partial charge >= 0.3 is 0 Å². The van der Waals surface area contributed by atoms with Gasteiger partial charge in [0.1, 0.15) is 5.75 Å². The number of likely N-dealkylation sites (N-methyl/N-ethyl adjacent to an activating group) is 1. The van der Waals surface area contributed by atoms with Crippen molar-refractivity contribution in [2.45, 2.75) is 6.54 Å². The lowest BCUT2D eigenvalue weighted by Gasteiger charge is -2.15. The van der Waals surface area contributed by atoms with Crippen LogP contribution in [0.3, 0.4) is 0 Å². The first-order valence-electron chi connectivity index (χ1n) is 6.28. The Kier molecular flexibility index (Phi) is 5.98. The first-order valence-corrected chi connectivity index (χ1v) is 8.74. The monoisotopic (exact) mass is 431 g/mol. The Morgan fingerprint density at radius 3 is 2.67 bits per heavy atom. The molecule has 6 heteroatoms. The third kappa shape index (κ3) is 4.64. The molecule has 0 spiro atoms. The molecule has 0 atom stereocenters. The number of hydrogen-bond acceptors (Lipinski definition) is 4. The van der Waals surface area contributed by atoms with Gasteiger partial charge in [-0.25, -0.2) is 0 Å². The Labute approximate surface area is 145 Å². The van der Waals surface area contributed by atoms with E-state index in [1.165, 1.54) is 5.56 Å². The summed E-state index contributed by atoms with van der Waals surface area (Å²) in [5.74, 6) is 0.818. The molecular formula is C15H15Br2NO2S. The normalized spacial score (nSPS) is 10.9. The summed E-state index contributed by atoms with van der Waals surface area (Å²) in [6.07, 6.45) is 0. The van der Waals surface area contributed by atoms with Crippen LogP contribution in [0.25, 0.3) is 0 Å². The van der Waals surface area contributed by atoms with E-state index in [-0.39, 0.29) is 5.78 Å². The number of ketones is 1. The second-order valence-electron chi connectivity index (χ2n) is 4.70. The first kappa shape index (κ1) is 16.7. The number of thiophene rings is 1. The van der Waals surface area contributed by atoms with Crippen LogP contribution in [0.2, 0.25) is 0 Å². The first-order chi connectivity index (χ1) is 9.99. The van der Waals surface area contributed by atoms with Crippen molar-refractivity contribution in [1.29, 1.82) is 0 Å². The van der Waals surface area contributed by atoms with Gasteiger partial charge in [0.05, 0.1) is 21.9 Å². The third-order valence-corrected chi connectivity index (χ3v) is 5.13. The van der Waals surface area contributed by atoms with Gasteiger partial charge in [0.25, 0.3) is 0 Å². The summed E-state index contributed by atoms with van der Waals surface area (Å²) < 4.78 is 7.07. The van der Waals surface area contributed by atoms with Crippen LogP contribution in [-0.2, 0) is 6.54 Å². The van der Waals surface area contributed by atoms with Crippen LogP contribution < -0.4 is 4.74 Å². The van der Waals surface area contributed by atoms with Crippen LogP contribution in [0.1, 0.15) is 15.9 Å². The lowest BCUT2D eigenvalue weighted by atomic mass is 10.1. The fourth-order valence-corrected chi connectivity index (χ4v) is 3.71. The minimum absolute atomic E-state index is 0.0927. The number of nitrogens with zero attached hydrogens (tertiary/aromatic N) is 1. The van der Waals surface area contributed by atoms with Gasteiger partial charge in [0, 0.05) is 12.1 Å². The molecule has 0 saturated heterocycles. The van der Waals surface area contributed by atoms with Crippen molar-refractivity contribution in [1.82, 2.24) is 4.90 Å². The van der Waals surface area contributed by atoms with Gasteiger partial charge in [-0.3, -0.25) is 9.69 Å². The number of rotatable bonds is 6. The molecule has 21 heavy (non-hydrogen) atoms. The molecule has 0 bridgehead atoms. The Hall–Kier alpha value is -0.690. The number of ether oxygens (including phenoxy) is 1. The van der Waals surface area contributed by atoms with Crippen LogP contribution in [0.4, 0.5) is 0 Å². The molecule has 0 aliphatic heterocycles. The summed E-state index contributed by atoms with van der Waals surface area (Å²) in [6.45, 7) is 1.14. The maximum atomic E-state index is 12.3. The zero-order valence-corrected chi connectivity index (χ0v) is 15.7. The predicted octanol–water partition coefficient (Wildman–Crippen LogP) is 4.60. The van der Waals surface area contributed by atoms with Crippen LogP contribution in [0, 0.1) is 0 Å². The van der Waals surface area contributed by atoms with Gasteiger partial charge in [-0.1, -0.05) is 0 Å². The molecule has 2 aromatic rings. The van der Waals surface area contributed by atoms with E-state index >= 15 is 0 Å². The average molecular weight is 433 g/mol. The molecule has 2 rings (SSSR count). The van der Waals surface area contributed by atoms with Gasteiger partial charge in [0.2, 0.25) is 0 Å². The summed E-state index contributed by atoms with van der Waals surface area (Å²) in [5.41, 5.74) is 1.89. The number of halogens is 2. The fourth-order valence-electron chi connectivity index (χ4n) is 1.97. The van der Waals surface area contributed by atoms with Gasteiger partial charge in [-0.15, -0.1) is 11.3 Å².